The fourth-order valence-electron chi connectivity index (χ4n) is 3.29. The molecular weight excluding hydrogens is 494 g/mol. The van der Waals surface area contributed by atoms with Crippen LogP contribution in [0.3, 0.4) is 0 Å². The molecule has 1 aromatic heterocycles. The minimum Gasteiger partial charge on any atom is -0.465 e. The Hall–Kier alpha value is -2.90. The summed E-state index contributed by atoms with van der Waals surface area (Å²) in [6.07, 6.45) is 0. The number of thiazole rings is 1. The number of hydrogen-bond acceptors (Lipinski definition) is 8. The quantitative estimate of drug-likeness (QED) is 0.375. The summed E-state index contributed by atoms with van der Waals surface area (Å²) < 4.78 is 44.7. The lowest BCUT2D eigenvalue weighted by atomic mass is 10.2. The third-order valence-corrected chi connectivity index (χ3v) is 8.26. The number of rotatable bonds is 10. The van der Waals surface area contributed by atoms with Crippen LogP contribution in [-0.4, -0.2) is 76.8 Å². The minimum atomic E-state index is -3.79. The molecule has 188 valence electrons. The lowest BCUT2D eigenvalue weighted by molar-refractivity contribution is 0.0600. The van der Waals surface area contributed by atoms with Crippen molar-refractivity contribution >= 4 is 43.5 Å². The fourth-order valence-corrected chi connectivity index (χ4v) is 5.76. The van der Waals surface area contributed by atoms with Gasteiger partial charge >= 0.3 is 5.97 Å². The van der Waals surface area contributed by atoms with Crippen molar-refractivity contribution in [3.63, 3.8) is 0 Å². The zero-order valence-electron chi connectivity index (χ0n) is 19.9. The molecule has 0 N–H and O–H groups in total. The van der Waals surface area contributed by atoms with Gasteiger partial charge in [-0.15, -0.1) is 0 Å². The number of esters is 1. The van der Waals surface area contributed by atoms with Crippen LogP contribution >= 0.6 is 11.3 Å². The lowest BCUT2D eigenvalue weighted by Crippen LogP contribution is -2.36. The summed E-state index contributed by atoms with van der Waals surface area (Å²) in [4.78, 5) is 29.3. The third kappa shape index (κ3) is 6.03. The predicted octanol–water partition coefficient (Wildman–Crippen LogP) is 2.05. The summed E-state index contributed by atoms with van der Waals surface area (Å²) in [6, 6.07) is 10.7. The number of ether oxygens (including phenoxy) is 3. The van der Waals surface area contributed by atoms with Crippen molar-refractivity contribution in [3.8, 4) is 0 Å². The molecule has 0 unspecified atom stereocenters. The SMILES string of the molecule is COCCN(CCOC)S(=O)(=O)c1ccc(C(=O)N=c2sc3cc(C(=O)OC)ccc3n2C)cc1. The van der Waals surface area contributed by atoms with Crippen LogP contribution in [0.4, 0.5) is 0 Å². The first-order valence-electron chi connectivity index (χ1n) is 10.6. The first kappa shape index (κ1) is 26.7. The predicted molar refractivity (Wildman–Crippen MR) is 131 cm³/mol. The Morgan fingerprint density at radius 1 is 0.971 bits per heavy atom. The zero-order chi connectivity index (χ0) is 25.6. The highest BCUT2D eigenvalue weighted by atomic mass is 32.2. The summed E-state index contributed by atoms with van der Waals surface area (Å²) in [6.45, 7) is 0.841. The molecule has 0 atom stereocenters. The highest BCUT2D eigenvalue weighted by molar-refractivity contribution is 7.89. The second-order valence-electron chi connectivity index (χ2n) is 7.45. The molecular formula is C23H27N3O7S2. The summed E-state index contributed by atoms with van der Waals surface area (Å²) in [7, 11) is 2.29. The van der Waals surface area contributed by atoms with E-state index in [4.69, 9.17) is 14.2 Å². The number of fused-ring (bicyclic) bond motifs is 1. The van der Waals surface area contributed by atoms with Crippen LogP contribution in [0.1, 0.15) is 20.7 Å². The van der Waals surface area contributed by atoms with Gasteiger partial charge in [-0.25, -0.2) is 13.2 Å². The van der Waals surface area contributed by atoms with Gasteiger partial charge in [0, 0.05) is 39.9 Å². The molecule has 35 heavy (non-hydrogen) atoms. The van der Waals surface area contributed by atoms with Gasteiger partial charge in [0.25, 0.3) is 5.91 Å². The number of amides is 1. The van der Waals surface area contributed by atoms with Gasteiger partial charge in [-0.2, -0.15) is 9.30 Å². The summed E-state index contributed by atoms with van der Waals surface area (Å²) in [5.74, 6) is -0.963. The van der Waals surface area contributed by atoms with Gasteiger partial charge in [-0.1, -0.05) is 11.3 Å². The number of nitrogens with zero attached hydrogens (tertiary/aromatic N) is 3. The van der Waals surface area contributed by atoms with E-state index in [0.29, 0.717) is 10.4 Å². The standard InChI is InChI=1S/C23H27N3O7S2/c1-25-19-10-7-17(22(28)33-4)15-20(19)34-23(25)24-21(27)16-5-8-18(9-6-16)35(29,30)26(11-13-31-2)12-14-32-3/h5-10,15H,11-14H2,1-4H3. The maximum atomic E-state index is 13.0. The number of aromatic nitrogens is 1. The largest absolute Gasteiger partial charge is 0.465 e. The summed E-state index contributed by atoms with van der Waals surface area (Å²) >= 11 is 1.26. The van der Waals surface area contributed by atoms with Crippen LogP contribution in [-0.2, 0) is 31.3 Å². The number of carbonyl (C=O) groups is 2. The fraction of sp³-hybridized carbons (Fsp3) is 0.348. The Morgan fingerprint density at radius 3 is 2.14 bits per heavy atom. The van der Waals surface area contributed by atoms with E-state index < -0.39 is 21.9 Å². The van der Waals surface area contributed by atoms with E-state index in [0.717, 1.165) is 10.2 Å². The average Bonchev–Trinajstić information content (AvgIpc) is 3.17. The Balaban J connectivity index is 1.88. The normalized spacial score (nSPS) is 12.4. The second-order valence-corrected chi connectivity index (χ2v) is 10.4. The van der Waals surface area contributed by atoms with Gasteiger partial charge in [-0.3, -0.25) is 4.79 Å². The molecule has 1 heterocycles. The molecule has 10 nitrogen and oxygen atoms in total. The molecule has 0 aliphatic rings. The van der Waals surface area contributed by atoms with E-state index in [1.54, 1.807) is 29.8 Å². The molecule has 0 spiro atoms. The van der Waals surface area contributed by atoms with E-state index in [-0.39, 0.29) is 36.8 Å². The smallest absolute Gasteiger partial charge is 0.337 e. The van der Waals surface area contributed by atoms with Crippen LogP contribution in [0.5, 0.6) is 0 Å². The number of benzene rings is 2. The van der Waals surface area contributed by atoms with Crippen molar-refractivity contribution in [2.24, 2.45) is 12.0 Å². The van der Waals surface area contributed by atoms with Crippen molar-refractivity contribution in [2.45, 2.75) is 4.90 Å². The van der Waals surface area contributed by atoms with Crippen molar-refractivity contribution in [1.82, 2.24) is 8.87 Å². The summed E-state index contributed by atoms with van der Waals surface area (Å²) in [5.41, 5.74) is 1.46. The second kappa shape index (κ2) is 11.7. The molecule has 3 aromatic rings. The van der Waals surface area contributed by atoms with E-state index in [1.165, 1.54) is 61.2 Å². The zero-order valence-corrected chi connectivity index (χ0v) is 21.5. The van der Waals surface area contributed by atoms with Crippen LogP contribution < -0.4 is 4.80 Å². The Labute approximate surface area is 207 Å². The molecule has 12 heteroatoms. The molecule has 2 aromatic carbocycles. The molecule has 0 aliphatic heterocycles. The minimum absolute atomic E-state index is 0.0593. The average molecular weight is 522 g/mol. The van der Waals surface area contributed by atoms with Crippen LogP contribution in [0, 0.1) is 0 Å². The molecule has 1 amide bonds. The molecule has 0 saturated heterocycles. The van der Waals surface area contributed by atoms with Crippen LogP contribution in [0.25, 0.3) is 10.2 Å². The lowest BCUT2D eigenvalue weighted by Gasteiger charge is -2.21. The van der Waals surface area contributed by atoms with Crippen molar-refractivity contribution in [3.05, 3.63) is 58.4 Å². The molecule has 0 aliphatic carbocycles. The number of methoxy groups -OCH3 is 3. The molecule has 0 radical (unpaired) electrons. The van der Waals surface area contributed by atoms with E-state index in [9.17, 15) is 18.0 Å². The molecule has 0 fully saturated rings. The van der Waals surface area contributed by atoms with E-state index in [2.05, 4.69) is 4.99 Å². The Kier molecular flexibility index (Phi) is 8.92. The van der Waals surface area contributed by atoms with Crippen LogP contribution in [0.15, 0.2) is 52.4 Å². The number of carbonyl (C=O) groups excluding carboxylic acids is 2. The highest BCUT2D eigenvalue weighted by Crippen LogP contribution is 2.20. The number of sulfonamides is 1. The third-order valence-electron chi connectivity index (χ3n) is 5.26. The molecule has 0 saturated carbocycles. The van der Waals surface area contributed by atoms with Gasteiger partial charge in [0.15, 0.2) is 4.80 Å². The van der Waals surface area contributed by atoms with Crippen molar-refractivity contribution in [1.29, 1.82) is 0 Å². The van der Waals surface area contributed by atoms with E-state index >= 15 is 0 Å². The maximum Gasteiger partial charge on any atom is 0.337 e. The van der Waals surface area contributed by atoms with Gasteiger partial charge in [0.05, 0.1) is 41.0 Å². The number of aryl methyl sites for hydroxylation is 1. The molecule has 3 rings (SSSR count). The first-order valence-corrected chi connectivity index (χ1v) is 12.8. The summed E-state index contributed by atoms with van der Waals surface area (Å²) in [5, 5.41) is 0. The van der Waals surface area contributed by atoms with Crippen LogP contribution in [0.2, 0.25) is 0 Å². The van der Waals surface area contributed by atoms with Gasteiger partial charge in [0.2, 0.25) is 10.0 Å². The van der Waals surface area contributed by atoms with Crippen molar-refractivity contribution in [2.75, 3.05) is 47.6 Å². The highest BCUT2D eigenvalue weighted by Gasteiger charge is 2.24. The van der Waals surface area contributed by atoms with E-state index in [1.807, 2.05) is 0 Å². The van der Waals surface area contributed by atoms with Crippen molar-refractivity contribution < 1.29 is 32.2 Å². The topological polar surface area (TPSA) is 116 Å². The maximum absolute atomic E-state index is 13.0. The monoisotopic (exact) mass is 521 g/mol. The first-order chi connectivity index (χ1) is 16.7. The number of hydrogen-bond donors (Lipinski definition) is 0. The Morgan fingerprint density at radius 2 is 1.57 bits per heavy atom. The molecule has 0 bridgehead atoms. The van der Waals surface area contributed by atoms with Gasteiger partial charge in [-0.05, 0) is 42.5 Å². The van der Waals surface area contributed by atoms with Gasteiger partial charge < -0.3 is 18.8 Å². The Bertz CT molecular complexity index is 1370. The van der Waals surface area contributed by atoms with Gasteiger partial charge in [0.1, 0.15) is 0 Å².